The molecule has 0 bridgehead atoms. The maximum Gasteiger partial charge on any atom is 0.335 e. The lowest BCUT2D eigenvalue weighted by molar-refractivity contribution is -0.127. The van der Waals surface area contributed by atoms with Gasteiger partial charge in [-0.25, -0.2) is 10.2 Å². The molecule has 2 aromatic carbocycles. The summed E-state index contributed by atoms with van der Waals surface area (Å²) in [6.07, 6.45) is 0.739. The van der Waals surface area contributed by atoms with Crippen molar-refractivity contribution in [2.45, 2.75) is 13.0 Å². The number of nitrogens with zero attached hydrogens (tertiary/aromatic N) is 1. The fourth-order valence-corrected chi connectivity index (χ4v) is 1.73. The zero-order chi connectivity index (χ0) is 16.7. The van der Waals surface area contributed by atoms with E-state index >= 15 is 0 Å². The molecule has 0 aromatic heterocycles. The largest absolute Gasteiger partial charge is 0.481 e. The zero-order valence-electron chi connectivity index (χ0n) is 12.5. The van der Waals surface area contributed by atoms with Crippen LogP contribution in [0.4, 0.5) is 0 Å². The molecule has 6 heteroatoms. The Kier molecular flexibility index (Phi) is 5.46. The second-order valence-corrected chi connectivity index (χ2v) is 4.73. The smallest absolute Gasteiger partial charge is 0.335 e. The number of benzene rings is 2. The van der Waals surface area contributed by atoms with Gasteiger partial charge >= 0.3 is 5.97 Å². The van der Waals surface area contributed by atoms with Gasteiger partial charge in [-0.05, 0) is 36.8 Å². The van der Waals surface area contributed by atoms with Crippen molar-refractivity contribution in [3.05, 3.63) is 65.7 Å². The molecule has 2 rings (SSSR count). The van der Waals surface area contributed by atoms with Gasteiger partial charge < -0.3 is 9.84 Å². The van der Waals surface area contributed by atoms with Crippen molar-refractivity contribution >= 4 is 18.1 Å². The molecule has 0 saturated carbocycles. The molecule has 0 aliphatic heterocycles. The molecule has 0 aliphatic rings. The molecular formula is C17H16N2O4. The number of carboxylic acid groups (broad SMARTS) is 1. The van der Waals surface area contributed by atoms with Gasteiger partial charge in [-0.1, -0.05) is 30.3 Å². The van der Waals surface area contributed by atoms with Crippen molar-refractivity contribution in [2.24, 2.45) is 5.10 Å². The molecule has 23 heavy (non-hydrogen) atoms. The second kappa shape index (κ2) is 7.74. The highest BCUT2D eigenvalue weighted by molar-refractivity contribution is 5.89. The van der Waals surface area contributed by atoms with Gasteiger partial charge in [0, 0.05) is 0 Å². The summed E-state index contributed by atoms with van der Waals surface area (Å²) in [5.74, 6) is -0.774. The van der Waals surface area contributed by atoms with Gasteiger partial charge in [0.25, 0.3) is 5.91 Å². The third kappa shape index (κ3) is 4.96. The number of hydrazone groups is 1. The number of amides is 1. The van der Waals surface area contributed by atoms with E-state index in [1.54, 1.807) is 31.2 Å². The zero-order valence-corrected chi connectivity index (χ0v) is 12.5. The molecular weight excluding hydrogens is 296 g/mol. The Labute approximate surface area is 133 Å². The summed E-state index contributed by atoms with van der Waals surface area (Å²) >= 11 is 0. The number of ether oxygens (including phenoxy) is 1. The maximum absolute atomic E-state index is 11.9. The van der Waals surface area contributed by atoms with Crippen molar-refractivity contribution in [3.8, 4) is 5.75 Å². The van der Waals surface area contributed by atoms with Crippen LogP contribution in [0.3, 0.4) is 0 Å². The van der Waals surface area contributed by atoms with Crippen LogP contribution in [0.15, 0.2) is 59.7 Å². The van der Waals surface area contributed by atoms with Crippen LogP contribution in [0.1, 0.15) is 22.8 Å². The van der Waals surface area contributed by atoms with Crippen LogP contribution >= 0.6 is 0 Å². The minimum atomic E-state index is -0.992. The van der Waals surface area contributed by atoms with Gasteiger partial charge in [-0.2, -0.15) is 5.10 Å². The Morgan fingerprint density at radius 3 is 2.39 bits per heavy atom. The van der Waals surface area contributed by atoms with Crippen molar-refractivity contribution in [1.82, 2.24) is 5.43 Å². The molecule has 2 aromatic rings. The fraction of sp³-hybridized carbons (Fsp3) is 0.118. The SMILES string of the molecule is CC(Oc1ccccc1)C(=O)NN=Cc1ccc(C(=O)O)cc1. The number of carboxylic acids is 1. The monoisotopic (exact) mass is 312 g/mol. The number of carbonyl (C=O) groups excluding carboxylic acids is 1. The van der Waals surface area contributed by atoms with Crippen molar-refractivity contribution in [3.63, 3.8) is 0 Å². The summed E-state index contributed by atoms with van der Waals surface area (Å²) in [5.41, 5.74) is 3.24. The summed E-state index contributed by atoms with van der Waals surface area (Å²) in [5, 5.41) is 12.6. The number of hydrogen-bond acceptors (Lipinski definition) is 4. The first-order valence-corrected chi connectivity index (χ1v) is 6.94. The highest BCUT2D eigenvalue weighted by Gasteiger charge is 2.13. The van der Waals surface area contributed by atoms with Crippen LogP contribution in [0.5, 0.6) is 5.75 Å². The number of aromatic carboxylic acids is 1. The van der Waals surface area contributed by atoms with Gasteiger partial charge in [0.2, 0.25) is 0 Å². The molecule has 1 atom stereocenters. The molecule has 6 nitrogen and oxygen atoms in total. The van der Waals surface area contributed by atoms with Crippen molar-refractivity contribution in [2.75, 3.05) is 0 Å². The summed E-state index contributed by atoms with van der Waals surface area (Å²) in [6.45, 7) is 1.62. The highest BCUT2D eigenvalue weighted by atomic mass is 16.5. The lowest BCUT2D eigenvalue weighted by Crippen LogP contribution is -2.33. The molecule has 0 fully saturated rings. The lowest BCUT2D eigenvalue weighted by atomic mass is 10.1. The van der Waals surface area contributed by atoms with E-state index in [9.17, 15) is 9.59 Å². The number of para-hydroxylation sites is 1. The lowest BCUT2D eigenvalue weighted by Gasteiger charge is -2.12. The maximum atomic E-state index is 11.9. The molecule has 0 radical (unpaired) electrons. The first-order chi connectivity index (χ1) is 11.1. The van der Waals surface area contributed by atoms with E-state index in [2.05, 4.69) is 10.5 Å². The standard InChI is InChI=1S/C17H16N2O4/c1-12(23-15-5-3-2-4-6-15)16(20)19-18-11-13-7-9-14(10-8-13)17(21)22/h2-12H,1H3,(H,19,20)(H,21,22). The van der Waals surface area contributed by atoms with Crippen LogP contribution < -0.4 is 10.2 Å². The summed E-state index contributed by atoms with van der Waals surface area (Å²) in [7, 11) is 0. The summed E-state index contributed by atoms with van der Waals surface area (Å²) in [4.78, 5) is 22.6. The first-order valence-electron chi connectivity index (χ1n) is 6.94. The Balaban J connectivity index is 1.86. The fourth-order valence-electron chi connectivity index (χ4n) is 1.73. The average molecular weight is 312 g/mol. The minimum absolute atomic E-state index is 0.191. The minimum Gasteiger partial charge on any atom is -0.481 e. The molecule has 0 aliphatic carbocycles. The average Bonchev–Trinajstić information content (AvgIpc) is 2.56. The van der Waals surface area contributed by atoms with Crippen LogP contribution in [0, 0.1) is 0 Å². The third-order valence-corrected chi connectivity index (χ3v) is 2.97. The van der Waals surface area contributed by atoms with Crippen LogP contribution in [0.25, 0.3) is 0 Å². The second-order valence-electron chi connectivity index (χ2n) is 4.73. The quantitative estimate of drug-likeness (QED) is 0.633. The number of nitrogens with one attached hydrogen (secondary N) is 1. The molecule has 0 heterocycles. The Bertz CT molecular complexity index is 696. The highest BCUT2D eigenvalue weighted by Crippen LogP contribution is 2.10. The number of hydrogen-bond donors (Lipinski definition) is 2. The van der Waals surface area contributed by atoms with E-state index in [0.717, 1.165) is 0 Å². The molecule has 2 N–H and O–H groups in total. The number of rotatable bonds is 6. The topological polar surface area (TPSA) is 88.0 Å². The Morgan fingerprint density at radius 2 is 1.78 bits per heavy atom. The van der Waals surface area contributed by atoms with Crippen molar-refractivity contribution < 1.29 is 19.4 Å². The van der Waals surface area contributed by atoms with Crippen LogP contribution in [0.2, 0.25) is 0 Å². The van der Waals surface area contributed by atoms with Gasteiger partial charge in [0.05, 0.1) is 11.8 Å². The van der Waals surface area contributed by atoms with Gasteiger partial charge in [-0.3, -0.25) is 4.79 Å². The van der Waals surface area contributed by atoms with E-state index in [1.807, 2.05) is 18.2 Å². The van der Waals surface area contributed by atoms with Crippen molar-refractivity contribution in [1.29, 1.82) is 0 Å². The summed E-state index contributed by atoms with van der Waals surface area (Å²) < 4.78 is 5.47. The molecule has 0 saturated heterocycles. The molecule has 1 amide bonds. The van der Waals surface area contributed by atoms with E-state index in [4.69, 9.17) is 9.84 Å². The van der Waals surface area contributed by atoms with Gasteiger partial charge in [-0.15, -0.1) is 0 Å². The number of carbonyl (C=O) groups is 2. The normalized spacial score (nSPS) is 11.9. The van der Waals surface area contributed by atoms with Crippen LogP contribution in [-0.2, 0) is 4.79 Å². The molecule has 0 spiro atoms. The van der Waals surface area contributed by atoms with E-state index in [-0.39, 0.29) is 11.5 Å². The predicted octanol–water partition coefficient (Wildman–Crippen LogP) is 2.30. The molecule has 118 valence electrons. The summed E-state index contributed by atoms with van der Waals surface area (Å²) in [6, 6.07) is 15.1. The first kappa shape index (κ1) is 16.2. The van der Waals surface area contributed by atoms with Crippen LogP contribution in [-0.4, -0.2) is 29.3 Å². The molecule has 1 unspecified atom stereocenters. The Morgan fingerprint density at radius 1 is 1.13 bits per heavy atom. The predicted molar refractivity (Wildman–Crippen MR) is 85.7 cm³/mol. The van der Waals surface area contributed by atoms with Gasteiger partial charge in [0.15, 0.2) is 6.10 Å². The van der Waals surface area contributed by atoms with E-state index < -0.39 is 12.1 Å². The third-order valence-electron chi connectivity index (χ3n) is 2.97. The Hall–Kier alpha value is -3.15. The van der Waals surface area contributed by atoms with Gasteiger partial charge in [0.1, 0.15) is 5.75 Å². The van der Waals surface area contributed by atoms with E-state index in [1.165, 1.54) is 18.3 Å². The van der Waals surface area contributed by atoms with E-state index in [0.29, 0.717) is 11.3 Å².